The molecule has 2 fully saturated rings. The molecule has 0 atom stereocenters. The maximum absolute atomic E-state index is 14.7. The maximum atomic E-state index is 14.7. The van der Waals surface area contributed by atoms with Gasteiger partial charge >= 0.3 is 6.01 Å². The minimum atomic E-state index is -0.504. The van der Waals surface area contributed by atoms with Crippen LogP contribution in [0.3, 0.4) is 0 Å². The van der Waals surface area contributed by atoms with E-state index >= 15 is 0 Å². The van der Waals surface area contributed by atoms with Gasteiger partial charge in [-0.15, -0.1) is 0 Å². The number of halogens is 1. The molecule has 2 aromatic heterocycles. The molecule has 3 heterocycles. The van der Waals surface area contributed by atoms with Crippen molar-refractivity contribution in [1.82, 2.24) is 29.8 Å². The molecule has 3 N–H and O–H groups in total. The quantitative estimate of drug-likeness (QED) is 0.298. The van der Waals surface area contributed by atoms with E-state index in [0.29, 0.717) is 49.8 Å². The number of hydrogen-bond donors (Lipinski definition) is 3. The fraction of sp³-hybridized carbons (Fsp3) is 0.516. The fourth-order valence-electron chi connectivity index (χ4n) is 5.66. The minimum absolute atomic E-state index is 0.0237. The summed E-state index contributed by atoms with van der Waals surface area (Å²) in [5, 5.41) is 13.5. The van der Waals surface area contributed by atoms with Crippen molar-refractivity contribution in [1.29, 1.82) is 0 Å². The van der Waals surface area contributed by atoms with E-state index in [4.69, 9.17) is 9.72 Å². The molecule has 1 saturated heterocycles. The van der Waals surface area contributed by atoms with Gasteiger partial charge in [0, 0.05) is 37.2 Å². The molecule has 1 aromatic carbocycles. The highest BCUT2D eigenvalue weighted by atomic mass is 19.1. The van der Waals surface area contributed by atoms with E-state index in [2.05, 4.69) is 58.4 Å². The van der Waals surface area contributed by atoms with Crippen molar-refractivity contribution in [3.8, 4) is 6.01 Å². The average molecular weight is 593 g/mol. The highest BCUT2D eigenvalue weighted by Crippen LogP contribution is 2.28. The van der Waals surface area contributed by atoms with Gasteiger partial charge in [0.1, 0.15) is 11.9 Å². The number of ether oxygens (including phenoxy) is 1. The molecule has 1 aliphatic carbocycles. The van der Waals surface area contributed by atoms with E-state index in [1.54, 1.807) is 22.8 Å². The number of hydrogen-bond acceptors (Lipinski definition) is 8. The molecule has 230 valence electrons. The minimum Gasteiger partial charge on any atom is -0.460 e. The predicted molar refractivity (Wildman–Crippen MR) is 162 cm³/mol. The summed E-state index contributed by atoms with van der Waals surface area (Å²) < 4.78 is 22.6. The maximum Gasteiger partial charge on any atom is 0.322 e. The van der Waals surface area contributed by atoms with E-state index in [-0.39, 0.29) is 41.5 Å². The van der Waals surface area contributed by atoms with Gasteiger partial charge in [-0.05, 0) is 75.3 Å². The van der Waals surface area contributed by atoms with Crippen LogP contribution >= 0.6 is 0 Å². The van der Waals surface area contributed by atoms with Crippen LogP contribution in [0.25, 0.3) is 5.65 Å². The average Bonchev–Trinajstić information content (AvgIpc) is 3.43. The third kappa shape index (κ3) is 7.48. The summed E-state index contributed by atoms with van der Waals surface area (Å²) in [6.07, 6.45) is 7.50. The molecule has 43 heavy (non-hydrogen) atoms. The Morgan fingerprint density at radius 1 is 1.14 bits per heavy atom. The number of benzene rings is 1. The van der Waals surface area contributed by atoms with Crippen LogP contribution in [0, 0.1) is 11.7 Å². The zero-order chi connectivity index (χ0) is 30.5. The van der Waals surface area contributed by atoms with Crippen LogP contribution in [0.1, 0.15) is 69.4 Å². The molecule has 1 aliphatic heterocycles. The lowest BCUT2D eigenvalue weighted by atomic mass is 9.85. The summed E-state index contributed by atoms with van der Waals surface area (Å²) in [7, 11) is 2.10. The Bertz CT molecular complexity index is 1460. The highest BCUT2D eigenvalue weighted by molar-refractivity contribution is 5.93. The Kier molecular flexibility index (Phi) is 9.54. The second-order valence-corrected chi connectivity index (χ2v) is 11.9. The van der Waals surface area contributed by atoms with Gasteiger partial charge in [-0.3, -0.25) is 9.59 Å². The van der Waals surface area contributed by atoms with Crippen LogP contribution < -0.4 is 20.7 Å². The second-order valence-electron chi connectivity index (χ2n) is 11.9. The Balaban J connectivity index is 1.26. The van der Waals surface area contributed by atoms with E-state index < -0.39 is 5.82 Å². The number of piperidine rings is 1. The zero-order valence-corrected chi connectivity index (χ0v) is 25.1. The molecule has 12 heteroatoms. The standard InChI is InChI=1S/C31H41FN8O3/c1-5-27(41)35-22-9-7-21(8-10-22)29(42)36-26-16-20(6-11-25(26)32)17-33-30-38-31(43-23-12-14-39(4)15-13-23)37-28-24(19(2)3)18-34-40(28)30/h5-6,11,16,18-19,21-23H,1,7-10,12-15,17H2,2-4H3,(H,35,41)(H,36,42)(H,33,37,38). The van der Waals surface area contributed by atoms with Crippen molar-refractivity contribution in [3.63, 3.8) is 0 Å². The molecule has 0 spiro atoms. The highest BCUT2D eigenvalue weighted by Gasteiger charge is 2.27. The first-order chi connectivity index (χ1) is 20.7. The molecule has 0 unspecified atom stereocenters. The summed E-state index contributed by atoms with van der Waals surface area (Å²) in [6, 6.07) is 4.98. The van der Waals surface area contributed by atoms with Crippen LogP contribution in [0.15, 0.2) is 37.1 Å². The Labute approximate surface area is 251 Å². The molecule has 2 aliphatic rings. The molecular weight excluding hydrogens is 551 g/mol. The predicted octanol–water partition coefficient (Wildman–Crippen LogP) is 4.27. The van der Waals surface area contributed by atoms with Crippen LogP contribution in [-0.4, -0.2) is 68.6 Å². The van der Waals surface area contributed by atoms with Gasteiger partial charge in [0.15, 0.2) is 5.65 Å². The van der Waals surface area contributed by atoms with Crippen molar-refractivity contribution in [3.05, 3.63) is 54.0 Å². The fourth-order valence-corrected chi connectivity index (χ4v) is 5.66. The number of rotatable bonds is 10. The normalized spacial score (nSPS) is 19.7. The van der Waals surface area contributed by atoms with Crippen LogP contribution in [0.4, 0.5) is 16.0 Å². The Morgan fingerprint density at radius 2 is 1.88 bits per heavy atom. The Morgan fingerprint density at radius 3 is 2.58 bits per heavy atom. The van der Waals surface area contributed by atoms with Crippen LogP contribution in [0.5, 0.6) is 6.01 Å². The lowest BCUT2D eigenvalue weighted by Crippen LogP contribution is -2.38. The van der Waals surface area contributed by atoms with Crippen LogP contribution in [0.2, 0.25) is 0 Å². The summed E-state index contributed by atoms with van der Waals surface area (Å²) >= 11 is 0. The van der Waals surface area contributed by atoms with E-state index in [1.807, 2.05) is 0 Å². The molecule has 5 rings (SSSR count). The van der Waals surface area contributed by atoms with Crippen molar-refractivity contribution in [2.45, 2.75) is 77.0 Å². The first-order valence-corrected chi connectivity index (χ1v) is 15.1. The third-order valence-corrected chi connectivity index (χ3v) is 8.30. The van der Waals surface area contributed by atoms with Gasteiger partial charge in [0.05, 0.1) is 11.9 Å². The summed E-state index contributed by atoms with van der Waals surface area (Å²) in [5.74, 6) is -0.502. The van der Waals surface area contributed by atoms with Gasteiger partial charge in [-0.2, -0.15) is 19.6 Å². The van der Waals surface area contributed by atoms with Crippen molar-refractivity contribution in [2.75, 3.05) is 30.8 Å². The number of carbonyl (C=O) groups is 2. The number of nitrogens with one attached hydrogen (secondary N) is 3. The molecule has 1 saturated carbocycles. The molecule has 2 amide bonds. The van der Waals surface area contributed by atoms with Crippen molar-refractivity contribution in [2.24, 2.45) is 5.92 Å². The third-order valence-electron chi connectivity index (χ3n) is 8.30. The van der Waals surface area contributed by atoms with Gasteiger partial charge in [-0.1, -0.05) is 26.5 Å². The monoisotopic (exact) mass is 592 g/mol. The number of anilines is 2. The summed E-state index contributed by atoms with van der Waals surface area (Å²) in [6.45, 7) is 9.88. The zero-order valence-electron chi connectivity index (χ0n) is 25.1. The first kappa shape index (κ1) is 30.4. The van der Waals surface area contributed by atoms with Crippen LogP contribution in [-0.2, 0) is 16.1 Å². The number of fused-ring (bicyclic) bond motifs is 1. The molecule has 0 bridgehead atoms. The lowest BCUT2D eigenvalue weighted by Gasteiger charge is -2.28. The number of amides is 2. The second kappa shape index (κ2) is 13.5. The van der Waals surface area contributed by atoms with E-state index in [1.165, 1.54) is 12.1 Å². The number of likely N-dealkylation sites (tertiary alicyclic amines) is 1. The number of nitrogens with zero attached hydrogens (tertiary/aromatic N) is 5. The van der Waals surface area contributed by atoms with Gasteiger partial charge in [0.2, 0.25) is 17.8 Å². The van der Waals surface area contributed by atoms with Crippen molar-refractivity contribution < 1.29 is 18.7 Å². The first-order valence-electron chi connectivity index (χ1n) is 15.1. The number of carbonyl (C=O) groups excluding carboxylic acids is 2. The smallest absolute Gasteiger partial charge is 0.322 e. The summed E-state index contributed by atoms with van der Waals surface area (Å²) in [4.78, 5) is 36.2. The molecule has 0 radical (unpaired) electrons. The lowest BCUT2D eigenvalue weighted by molar-refractivity contribution is -0.121. The van der Waals surface area contributed by atoms with Gasteiger partial charge < -0.3 is 25.6 Å². The van der Waals surface area contributed by atoms with Gasteiger partial charge in [-0.25, -0.2) is 4.39 Å². The van der Waals surface area contributed by atoms with E-state index in [9.17, 15) is 14.0 Å². The Hall–Kier alpha value is -4.06. The van der Waals surface area contributed by atoms with Crippen molar-refractivity contribution >= 4 is 29.1 Å². The largest absolute Gasteiger partial charge is 0.460 e. The molecule has 11 nitrogen and oxygen atoms in total. The van der Waals surface area contributed by atoms with E-state index in [0.717, 1.165) is 37.1 Å². The molecular formula is C31H41FN8O3. The summed E-state index contributed by atoms with van der Waals surface area (Å²) in [5.41, 5.74) is 2.56. The van der Waals surface area contributed by atoms with Gasteiger partial charge in [0.25, 0.3) is 0 Å². The topological polar surface area (TPSA) is 126 Å². The number of aromatic nitrogens is 4. The SMILES string of the molecule is C=CC(=O)NC1CCC(C(=O)Nc2cc(CNc3nc(OC4CCN(C)CC4)nc4c(C(C)C)cnn34)ccc2F)CC1. The molecule has 3 aromatic rings.